The number of ether oxygens (including phenoxy) is 1. The van der Waals surface area contributed by atoms with E-state index in [1.54, 1.807) is 6.92 Å². The Morgan fingerprint density at radius 3 is 2.54 bits per heavy atom. The van der Waals surface area contributed by atoms with E-state index >= 15 is 0 Å². The van der Waals surface area contributed by atoms with Gasteiger partial charge in [0, 0.05) is 11.3 Å². The number of carbonyl (C=O) groups is 1. The number of nitrogens with two attached hydrogens (primary N) is 1. The van der Waals surface area contributed by atoms with E-state index in [9.17, 15) is 9.59 Å². The number of H-pyrrole nitrogens is 1. The third kappa shape index (κ3) is 2.54. The molecule has 0 fully saturated rings. The van der Waals surface area contributed by atoms with Crippen LogP contribution in [0.3, 0.4) is 0 Å². The molecular formula is C17H18N4O3. The lowest BCUT2D eigenvalue weighted by molar-refractivity contribution is -0.136. The molecule has 7 nitrogen and oxygen atoms in total. The van der Waals surface area contributed by atoms with E-state index in [0.29, 0.717) is 22.7 Å². The van der Waals surface area contributed by atoms with Crippen molar-refractivity contribution in [1.29, 1.82) is 0 Å². The number of benzene rings is 1. The Morgan fingerprint density at radius 2 is 1.92 bits per heavy atom. The third-order valence-corrected chi connectivity index (χ3v) is 4.10. The molecule has 1 aliphatic rings. The van der Waals surface area contributed by atoms with Crippen molar-refractivity contribution in [3.05, 3.63) is 62.7 Å². The first kappa shape index (κ1) is 15.8. The van der Waals surface area contributed by atoms with E-state index in [2.05, 4.69) is 15.3 Å². The van der Waals surface area contributed by atoms with Gasteiger partial charge in [-0.05, 0) is 19.4 Å². The van der Waals surface area contributed by atoms with Gasteiger partial charge in [0.05, 0.1) is 18.6 Å². The summed E-state index contributed by atoms with van der Waals surface area (Å²) in [4.78, 5) is 30.4. The summed E-state index contributed by atoms with van der Waals surface area (Å²) in [5.74, 6) is -0.399. The smallest absolute Gasteiger partial charge is 0.348 e. The summed E-state index contributed by atoms with van der Waals surface area (Å²) in [7, 11) is 1.33. The average Bonchev–Trinajstić information content (AvgIpc) is 2.53. The number of esters is 1. The molecule has 0 saturated carbocycles. The summed E-state index contributed by atoms with van der Waals surface area (Å²) in [6.07, 6.45) is 0. The lowest BCUT2D eigenvalue weighted by Crippen LogP contribution is -2.28. The van der Waals surface area contributed by atoms with Crippen molar-refractivity contribution in [3.63, 3.8) is 0 Å². The molecule has 7 heteroatoms. The second-order valence-electron chi connectivity index (χ2n) is 5.72. The molecule has 1 atom stereocenters. The fourth-order valence-electron chi connectivity index (χ4n) is 2.97. The molecule has 4 N–H and O–H groups in total. The van der Waals surface area contributed by atoms with Crippen molar-refractivity contribution in [1.82, 2.24) is 9.97 Å². The Bertz CT molecular complexity index is 897. The normalized spacial score (nSPS) is 16.4. The van der Waals surface area contributed by atoms with Crippen LogP contribution in [0.2, 0.25) is 0 Å². The monoisotopic (exact) mass is 326 g/mol. The number of hydrogen-bond donors (Lipinski definition) is 3. The van der Waals surface area contributed by atoms with Crippen LogP contribution in [0, 0.1) is 6.92 Å². The molecule has 0 aliphatic carbocycles. The number of allylic oxidation sites excluding steroid dienone is 1. The second-order valence-corrected chi connectivity index (χ2v) is 5.72. The lowest BCUT2D eigenvalue weighted by Gasteiger charge is -2.29. The molecule has 0 saturated heterocycles. The highest BCUT2D eigenvalue weighted by molar-refractivity contribution is 5.95. The molecule has 1 aromatic carbocycles. The molecule has 24 heavy (non-hydrogen) atoms. The van der Waals surface area contributed by atoms with Crippen LogP contribution in [0.4, 0.5) is 11.6 Å². The number of carbonyl (C=O) groups excluding carboxylic acids is 1. The number of aryl methyl sites for hydroxylation is 1. The standard InChI is InChI=1S/C17H18N4O3/c1-8-4-6-10(7-5-8)12-11(16(22)24-3)9(2)19-15-13(12)14(18)20-17(23)21-15/h4-7,12H,1-3H3,(H4,18,19,20,21,23). The average molecular weight is 326 g/mol. The van der Waals surface area contributed by atoms with Gasteiger partial charge in [0.2, 0.25) is 0 Å². The van der Waals surface area contributed by atoms with Gasteiger partial charge in [0.25, 0.3) is 0 Å². The summed E-state index contributed by atoms with van der Waals surface area (Å²) in [6.45, 7) is 3.73. The molecule has 2 heterocycles. The Labute approximate surface area is 138 Å². The minimum absolute atomic E-state index is 0.178. The fourth-order valence-corrected chi connectivity index (χ4v) is 2.97. The highest BCUT2D eigenvalue weighted by Crippen LogP contribution is 2.42. The molecule has 0 radical (unpaired) electrons. The first-order chi connectivity index (χ1) is 11.4. The number of hydrogen-bond acceptors (Lipinski definition) is 6. The van der Waals surface area contributed by atoms with E-state index in [1.165, 1.54) is 7.11 Å². The highest BCUT2D eigenvalue weighted by Gasteiger charge is 2.35. The molecule has 3 rings (SSSR count). The zero-order valence-corrected chi connectivity index (χ0v) is 13.6. The molecule has 1 aromatic heterocycles. The molecule has 124 valence electrons. The molecule has 0 amide bonds. The van der Waals surface area contributed by atoms with Crippen molar-refractivity contribution in [2.45, 2.75) is 19.8 Å². The number of nitrogens with zero attached hydrogens (tertiary/aromatic N) is 1. The van der Waals surface area contributed by atoms with E-state index in [-0.39, 0.29) is 5.82 Å². The molecule has 0 bridgehead atoms. The van der Waals surface area contributed by atoms with Crippen molar-refractivity contribution >= 4 is 17.6 Å². The van der Waals surface area contributed by atoms with Crippen LogP contribution in [0.25, 0.3) is 0 Å². The number of methoxy groups -OCH3 is 1. The quantitative estimate of drug-likeness (QED) is 0.724. The number of nitrogen functional groups attached to an aromatic ring is 1. The van der Waals surface area contributed by atoms with E-state index in [1.807, 2.05) is 31.2 Å². The maximum Gasteiger partial charge on any atom is 0.348 e. The maximum atomic E-state index is 12.4. The minimum atomic E-state index is -0.546. The summed E-state index contributed by atoms with van der Waals surface area (Å²) in [6, 6.07) is 7.76. The summed E-state index contributed by atoms with van der Waals surface area (Å²) >= 11 is 0. The van der Waals surface area contributed by atoms with Crippen LogP contribution >= 0.6 is 0 Å². The Morgan fingerprint density at radius 1 is 1.25 bits per heavy atom. The number of anilines is 2. The van der Waals surface area contributed by atoms with Crippen LogP contribution in [-0.2, 0) is 9.53 Å². The van der Waals surface area contributed by atoms with Crippen LogP contribution in [0.1, 0.15) is 29.5 Å². The van der Waals surface area contributed by atoms with Crippen molar-refractivity contribution in [3.8, 4) is 0 Å². The summed E-state index contributed by atoms with van der Waals surface area (Å²) in [5.41, 5.74) is 9.04. The SMILES string of the molecule is COC(=O)C1=C(C)Nc2nc(=O)[nH]c(N)c2C1c1ccc(C)cc1. The van der Waals surface area contributed by atoms with Gasteiger partial charge in [-0.2, -0.15) is 4.98 Å². The first-order valence-corrected chi connectivity index (χ1v) is 7.44. The third-order valence-electron chi connectivity index (χ3n) is 4.10. The molecule has 2 aromatic rings. The highest BCUT2D eigenvalue weighted by atomic mass is 16.5. The van der Waals surface area contributed by atoms with Gasteiger partial charge < -0.3 is 15.8 Å². The summed E-state index contributed by atoms with van der Waals surface area (Å²) in [5, 5.41) is 2.99. The topological polar surface area (TPSA) is 110 Å². The van der Waals surface area contributed by atoms with Gasteiger partial charge in [-0.3, -0.25) is 4.98 Å². The maximum absolute atomic E-state index is 12.4. The van der Waals surface area contributed by atoms with Crippen LogP contribution < -0.4 is 16.7 Å². The number of aromatic amines is 1. The van der Waals surface area contributed by atoms with Gasteiger partial charge in [0.15, 0.2) is 0 Å². The fraction of sp³-hybridized carbons (Fsp3) is 0.235. The number of rotatable bonds is 2. The van der Waals surface area contributed by atoms with Crippen molar-refractivity contribution in [2.75, 3.05) is 18.2 Å². The second kappa shape index (κ2) is 5.84. The van der Waals surface area contributed by atoms with E-state index < -0.39 is 17.6 Å². The van der Waals surface area contributed by atoms with E-state index in [0.717, 1.165) is 11.1 Å². The Balaban J connectivity index is 2.29. The van der Waals surface area contributed by atoms with Gasteiger partial charge in [-0.15, -0.1) is 0 Å². The van der Waals surface area contributed by atoms with Gasteiger partial charge in [0.1, 0.15) is 11.6 Å². The zero-order valence-electron chi connectivity index (χ0n) is 13.6. The van der Waals surface area contributed by atoms with Gasteiger partial charge in [-0.1, -0.05) is 29.8 Å². The Kier molecular flexibility index (Phi) is 3.84. The molecule has 1 unspecified atom stereocenters. The van der Waals surface area contributed by atoms with Crippen LogP contribution in [-0.4, -0.2) is 23.0 Å². The van der Waals surface area contributed by atoms with E-state index in [4.69, 9.17) is 10.5 Å². The Hall–Kier alpha value is -3.09. The minimum Gasteiger partial charge on any atom is -0.466 e. The molecule has 0 spiro atoms. The van der Waals surface area contributed by atoms with Crippen molar-refractivity contribution in [2.24, 2.45) is 0 Å². The largest absolute Gasteiger partial charge is 0.466 e. The lowest BCUT2D eigenvalue weighted by atomic mass is 9.81. The zero-order chi connectivity index (χ0) is 17.4. The van der Waals surface area contributed by atoms with Crippen molar-refractivity contribution < 1.29 is 9.53 Å². The number of aromatic nitrogens is 2. The molecular weight excluding hydrogens is 308 g/mol. The predicted molar refractivity (Wildman–Crippen MR) is 90.6 cm³/mol. The van der Waals surface area contributed by atoms with Crippen LogP contribution in [0.5, 0.6) is 0 Å². The number of nitrogens with one attached hydrogen (secondary N) is 2. The predicted octanol–water partition coefficient (Wildman–Crippen LogP) is 1.66. The summed E-state index contributed by atoms with van der Waals surface area (Å²) < 4.78 is 4.94. The van der Waals surface area contributed by atoms with Gasteiger partial charge >= 0.3 is 11.7 Å². The van der Waals surface area contributed by atoms with Gasteiger partial charge in [-0.25, -0.2) is 9.59 Å². The van der Waals surface area contributed by atoms with Crippen LogP contribution in [0.15, 0.2) is 40.3 Å². The molecule has 1 aliphatic heterocycles. The first-order valence-electron chi connectivity index (χ1n) is 7.44. The number of fused-ring (bicyclic) bond motifs is 1.